The summed E-state index contributed by atoms with van der Waals surface area (Å²) in [5, 5.41) is 8.61. The van der Waals surface area contributed by atoms with E-state index in [1.807, 2.05) is 0 Å². The molecule has 0 atom stereocenters. The van der Waals surface area contributed by atoms with Crippen molar-refractivity contribution < 1.29 is 19.4 Å². The first-order valence-electron chi connectivity index (χ1n) is 6.15. The van der Waals surface area contributed by atoms with Crippen LogP contribution in [-0.2, 0) is 9.53 Å². The molecule has 0 saturated heterocycles. The quantitative estimate of drug-likeness (QED) is 0.520. The number of hydrogen-bond donors (Lipinski definition) is 1. The van der Waals surface area contributed by atoms with Crippen LogP contribution in [0.3, 0.4) is 0 Å². The second kappa shape index (κ2) is 9.15. The van der Waals surface area contributed by atoms with Crippen molar-refractivity contribution >= 4 is 43.9 Å². The molecule has 110 valence electrons. The molecule has 0 radical (unpaired) electrons. The molecule has 4 nitrogen and oxygen atoms in total. The fourth-order valence-electron chi connectivity index (χ4n) is 1.43. The second-order valence-electron chi connectivity index (χ2n) is 3.95. The Morgan fingerprint density at radius 3 is 2.45 bits per heavy atom. The van der Waals surface area contributed by atoms with Gasteiger partial charge < -0.3 is 14.6 Å². The predicted molar refractivity (Wildman–Crippen MR) is 85.1 cm³/mol. The van der Waals surface area contributed by atoms with Crippen LogP contribution in [0, 0.1) is 0 Å². The van der Waals surface area contributed by atoms with E-state index >= 15 is 0 Å². The largest absolute Gasteiger partial charge is 0.489 e. The number of carboxylic acids is 1. The molecule has 1 rings (SSSR count). The smallest absolute Gasteiger partial charge is 0.328 e. The van der Waals surface area contributed by atoms with E-state index in [2.05, 4.69) is 38.8 Å². The summed E-state index contributed by atoms with van der Waals surface area (Å²) in [5.74, 6) is -0.303. The summed E-state index contributed by atoms with van der Waals surface area (Å²) >= 11 is 6.82. The summed E-state index contributed by atoms with van der Waals surface area (Å²) in [4.78, 5) is 10.5. The van der Waals surface area contributed by atoms with Crippen LogP contribution in [0.1, 0.15) is 18.9 Å². The lowest BCUT2D eigenvalue weighted by Gasteiger charge is -2.11. The van der Waals surface area contributed by atoms with Gasteiger partial charge in [-0.2, -0.15) is 0 Å². The minimum Gasteiger partial charge on any atom is -0.489 e. The van der Waals surface area contributed by atoms with Crippen molar-refractivity contribution in [1.29, 1.82) is 0 Å². The topological polar surface area (TPSA) is 55.8 Å². The van der Waals surface area contributed by atoms with Crippen molar-refractivity contribution in [3.05, 3.63) is 32.7 Å². The van der Waals surface area contributed by atoms with Gasteiger partial charge in [-0.15, -0.1) is 0 Å². The Kier molecular flexibility index (Phi) is 7.87. The number of benzene rings is 1. The van der Waals surface area contributed by atoms with Crippen LogP contribution in [-0.4, -0.2) is 30.9 Å². The lowest BCUT2D eigenvalue weighted by Crippen LogP contribution is -2.07. The molecule has 0 bridgehead atoms. The Labute approximate surface area is 135 Å². The number of ether oxygens (including phenoxy) is 2. The molecule has 0 saturated carbocycles. The van der Waals surface area contributed by atoms with Gasteiger partial charge in [-0.25, -0.2) is 4.79 Å². The van der Waals surface area contributed by atoms with Crippen molar-refractivity contribution in [2.24, 2.45) is 0 Å². The molecule has 1 aromatic carbocycles. The van der Waals surface area contributed by atoms with Crippen LogP contribution in [0.15, 0.2) is 27.2 Å². The van der Waals surface area contributed by atoms with Crippen molar-refractivity contribution in [3.8, 4) is 5.75 Å². The van der Waals surface area contributed by atoms with Crippen molar-refractivity contribution in [2.75, 3.05) is 19.8 Å². The normalized spacial score (nSPS) is 10.9. The highest BCUT2D eigenvalue weighted by atomic mass is 79.9. The lowest BCUT2D eigenvalue weighted by molar-refractivity contribution is -0.131. The van der Waals surface area contributed by atoms with Gasteiger partial charge in [-0.05, 0) is 62.1 Å². The van der Waals surface area contributed by atoms with E-state index in [4.69, 9.17) is 14.6 Å². The molecule has 0 unspecified atom stereocenters. The number of halogens is 2. The Morgan fingerprint density at radius 1 is 1.25 bits per heavy atom. The Hall–Kier alpha value is -0.850. The molecule has 1 N–H and O–H groups in total. The number of aliphatic carboxylic acids is 1. The molecule has 0 spiro atoms. The van der Waals surface area contributed by atoms with Crippen LogP contribution >= 0.6 is 31.9 Å². The maximum atomic E-state index is 10.5. The number of carbonyl (C=O) groups is 1. The van der Waals surface area contributed by atoms with Gasteiger partial charge in [0.2, 0.25) is 0 Å². The highest BCUT2D eigenvalue weighted by Crippen LogP contribution is 2.35. The summed E-state index contributed by atoms with van der Waals surface area (Å²) < 4.78 is 12.5. The fraction of sp³-hybridized carbons (Fsp3) is 0.357. The van der Waals surface area contributed by atoms with Crippen LogP contribution < -0.4 is 4.74 Å². The van der Waals surface area contributed by atoms with Gasteiger partial charge in [0, 0.05) is 12.7 Å². The molecule has 0 fully saturated rings. The van der Waals surface area contributed by atoms with Crippen molar-refractivity contribution in [2.45, 2.75) is 13.3 Å². The monoisotopic (exact) mass is 406 g/mol. The van der Waals surface area contributed by atoms with Gasteiger partial charge in [-0.1, -0.05) is 6.92 Å². The molecule has 0 aromatic heterocycles. The van der Waals surface area contributed by atoms with Gasteiger partial charge in [0.1, 0.15) is 12.4 Å². The molecular weight excluding hydrogens is 392 g/mol. The Balaban J connectivity index is 2.66. The summed E-state index contributed by atoms with van der Waals surface area (Å²) in [6.45, 7) is 3.77. The molecule has 0 aliphatic carbocycles. The first-order chi connectivity index (χ1) is 9.54. The first-order valence-corrected chi connectivity index (χ1v) is 7.73. The minimum absolute atomic E-state index is 0.460. The van der Waals surface area contributed by atoms with Crippen LogP contribution in [0.5, 0.6) is 5.75 Å². The van der Waals surface area contributed by atoms with Crippen LogP contribution in [0.25, 0.3) is 6.08 Å². The molecule has 0 heterocycles. The maximum Gasteiger partial charge on any atom is 0.328 e. The molecule has 0 aliphatic rings. The van der Waals surface area contributed by atoms with E-state index < -0.39 is 5.97 Å². The summed E-state index contributed by atoms with van der Waals surface area (Å²) in [6, 6.07) is 3.60. The standard InChI is InChI=1S/C14H16Br2O4/c1-2-5-19-6-7-20-14-11(15)8-10(9-12(14)16)3-4-13(17)18/h3-4,8-9H,2,5-7H2,1H3,(H,17,18)/b4-3+. The van der Waals surface area contributed by atoms with E-state index in [9.17, 15) is 4.79 Å². The number of rotatable bonds is 8. The summed E-state index contributed by atoms with van der Waals surface area (Å²) in [5.41, 5.74) is 0.765. The molecule has 0 amide bonds. The van der Waals surface area contributed by atoms with Crippen LogP contribution in [0.4, 0.5) is 0 Å². The third-order valence-electron chi connectivity index (χ3n) is 2.26. The fourth-order valence-corrected chi connectivity index (χ4v) is 2.88. The van der Waals surface area contributed by atoms with Crippen molar-refractivity contribution in [1.82, 2.24) is 0 Å². The second-order valence-corrected chi connectivity index (χ2v) is 5.65. The molecule has 0 aliphatic heterocycles. The molecule has 6 heteroatoms. The summed E-state index contributed by atoms with van der Waals surface area (Å²) in [7, 11) is 0. The van der Waals surface area contributed by atoms with E-state index in [-0.39, 0.29) is 0 Å². The minimum atomic E-state index is -0.981. The lowest BCUT2D eigenvalue weighted by atomic mass is 10.2. The van der Waals surface area contributed by atoms with Gasteiger partial charge in [0.15, 0.2) is 0 Å². The Morgan fingerprint density at radius 2 is 1.90 bits per heavy atom. The average molecular weight is 408 g/mol. The zero-order valence-electron chi connectivity index (χ0n) is 11.1. The van der Waals surface area contributed by atoms with Crippen LogP contribution in [0.2, 0.25) is 0 Å². The van der Waals surface area contributed by atoms with Gasteiger partial charge in [0.25, 0.3) is 0 Å². The molecule has 1 aromatic rings. The van der Waals surface area contributed by atoms with Crippen molar-refractivity contribution in [3.63, 3.8) is 0 Å². The van der Waals surface area contributed by atoms with Gasteiger partial charge in [0.05, 0.1) is 15.6 Å². The maximum absolute atomic E-state index is 10.5. The van der Waals surface area contributed by atoms with E-state index in [0.29, 0.717) is 19.0 Å². The first kappa shape index (κ1) is 17.2. The highest BCUT2D eigenvalue weighted by Gasteiger charge is 2.08. The Bertz CT molecular complexity index is 463. The van der Waals surface area contributed by atoms with Gasteiger partial charge in [-0.3, -0.25) is 0 Å². The van der Waals surface area contributed by atoms with E-state index in [1.165, 1.54) is 6.08 Å². The zero-order valence-corrected chi connectivity index (χ0v) is 14.2. The predicted octanol–water partition coefficient (Wildman–Crippen LogP) is 4.11. The van der Waals surface area contributed by atoms with Gasteiger partial charge >= 0.3 is 5.97 Å². The average Bonchev–Trinajstić information content (AvgIpc) is 2.38. The molecular formula is C14H16Br2O4. The third-order valence-corrected chi connectivity index (χ3v) is 3.44. The third kappa shape index (κ3) is 6.07. The SMILES string of the molecule is CCCOCCOc1c(Br)cc(/C=C/C(=O)O)cc1Br. The number of hydrogen-bond acceptors (Lipinski definition) is 3. The highest BCUT2D eigenvalue weighted by molar-refractivity contribution is 9.11. The number of carboxylic acid groups (broad SMARTS) is 1. The summed E-state index contributed by atoms with van der Waals surface area (Å²) in [6.07, 6.45) is 3.59. The van der Waals surface area contributed by atoms with E-state index in [1.54, 1.807) is 12.1 Å². The van der Waals surface area contributed by atoms with E-state index in [0.717, 1.165) is 33.6 Å². The molecule has 20 heavy (non-hydrogen) atoms. The zero-order chi connectivity index (χ0) is 15.0.